The number of hydrogen-bond acceptors (Lipinski definition) is 3. The first-order valence-electron chi connectivity index (χ1n) is 7.58. The number of carboxylic acid groups (broad SMARTS) is 1. The van der Waals surface area contributed by atoms with Gasteiger partial charge in [0.25, 0.3) is 12.3 Å². The molecule has 1 aromatic rings. The number of rotatable bonds is 5. The third-order valence-corrected chi connectivity index (χ3v) is 4.07. The molecule has 1 aromatic heterocycles. The lowest BCUT2D eigenvalue weighted by atomic mass is 9.99. The number of likely N-dealkylation sites (tertiary alicyclic amines) is 1. The third kappa shape index (κ3) is 3.51. The Hall–Kier alpha value is -1.99. The van der Waals surface area contributed by atoms with Gasteiger partial charge in [-0.2, -0.15) is 5.10 Å². The molecule has 0 unspecified atom stereocenters. The van der Waals surface area contributed by atoms with Crippen LogP contribution in [0.4, 0.5) is 8.78 Å². The molecule has 6 nitrogen and oxygen atoms in total. The minimum Gasteiger partial charge on any atom is -0.481 e. The van der Waals surface area contributed by atoms with Gasteiger partial charge < -0.3 is 10.0 Å². The van der Waals surface area contributed by atoms with Crippen LogP contribution in [0.3, 0.4) is 0 Å². The zero-order valence-corrected chi connectivity index (χ0v) is 13.4. The van der Waals surface area contributed by atoms with Crippen LogP contribution in [0.2, 0.25) is 0 Å². The molecule has 1 amide bonds. The number of carbonyl (C=O) groups excluding carboxylic acids is 1. The summed E-state index contributed by atoms with van der Waals surface area (Å²) in [6.45, 7) is 6.06. The van der Waals surface area contributed by atoms with Gasteiger partial charge in [0, 0.05) is 19.6 Å². The van der Waals surface area contributed by atoms with Gasteiger partial charge in [0.05, 0.1) is 17.7 Å². The second kappa shape index (κ2) is 6.64. The van der Waals surface area contributed by atoms with Crippen LogP contribution in [0.15, 0.2) is 6.20 Å². The fraction of sp³-hybridized carbons (Fsp3) is 0.667. The molecule has 1 saturated heterocycles. The van der Waals surface area contributed by atoms with E-state index in [1.54, 1.807) is 6.92 Å². The molecule has 23 heavy (non-hydrogen) atoms. The summed E-state index contributed by atoms with van der Waals surface area (Å²) in [7, 11) is 0. The Morgan fingerprint density at radius 3 is 2.52 bits per heavy atom. The van der Waals surface area contributed by atoms with Crippen LogP contribution in [0.1, 0.15) is 43.2 Å². The first kappa shape index (κ1) is 17.4. The molecular formula is C15H21F2N3O3. The standard InChI is InChI=1S/C15H21F2N3O3/c1-8(2)5-20-12(13(16)17)10(4-18-20)14(21)19-6-9(3)11(7-19)15(22)23/h4,8-9,11,13H,5-7H2,1-3H3,(H,22,23)/t9-,11-/m1/s1. The van der Waals surface area contributed by atoms with E-state index in [1.165, 1.54) is 4.90 Å². The van der Waals surface area contributed by atoms with E-state index in [1.807, 2.05) is 13.8 Å². The average molecular weight is 329 g/mol. The van der Waals surface area contributed by atoms with Crippen molar-refractivity contribution in [1.82, 2.24) is 14.7 Å². The highest BCUT2D eigenvalue weighted by atomic mass is 19.3. The van der Waals surface area contributed by atoms with Gasteiger partial charge in [-0.05, 0) is 11.8 Å². The predicted molar refractivity (Wildman–Crippen MR) is 78.2 cm³/mol. The van der Waals surface area contributed by atoms with Crippen molar-refractivity contribution < 1.29 is 23.5 Å². The lowest BCUT2D eigenvalue weighted by Gasteiger charge is -2.17. The van der Waals surface area contributed by atoms with Crippen LogP contribution in [-0.2, 0) is 11.3 Å². The summed E-state index contributed by atoms with van der Waals surface area (Å²) in [5.41, 5.74) is -0.533. The molecule has 1 N–H and O–H groups in total. The zero-order valence-electron chi connectivity index (χ0n) is 13.4. The second-order valence-corrected chi connectivity index (χ2v) is 6.45. The Labute approximate surface area is 133 Å². The smallest absolute Gasteiger partial charge is 0.308 e. The lowest BCUT2D eigenvalue weighted by Crippen LogP contribution is -2.30. The van der Waals surface area contributed by atoms with Crippen LogP contribution in [0.5, 0.6) is 0 Å². The molecule has 1 aliphatic rings. The topological polar surface area (TPSA) is 75.4 Å². The number of aromatic nitrogens is 2. The largest absolute Gasteiger partial charge is 0.481 e. The van der Waals surface area contributed by atoms with Crippen LogP contribution < -0.4 is 0 Å². The minimum absolute atomic E-state index is 0.0351. The quantitative estimate of drug-likeness (QED) is 0.899. The Morgan fingerprint density at radius 2 is 2.04 bits per heavy atom. The number of carbonyl (C=O) groups is 2. The van der Waals surface area contributed by atoms with Crippen molar-refractivity contribution in [1.29, 1.82) is 0 Å². The average Bonchev–Trinajstić information content (AvgIpc) is 3.01. The van der Waals surface area contributed by atoms with Crippen molar-refractivity contribution in [3.05, 3.63) is 17.5 Å². The summed E-state index contributed by atoms with van der Waals surface area (Å²) in [5.74, 6) is -2.32. The van der Waals surface area contributed by atoms with E-state index in [0.29, 0.717) is 6.54 Å². The first-order chi connectivity index (χ1) is 10.7. The molecule has 0 bridgehead atoms. The lowest BCUT2D eigenvalue weighted by molar-refractivity contribution is -0.142. The summed E-state index contributed by atoms with van der Waals surface area (Å²) in [4.78, 5) is 25.0. The summed E-state index contributed by atoms with van der Waals surface area (Å²) in [5, 5.41) is 13.0. The molecule has 0 aromatic carbocycles. The molecule has 0 radical (unpaired) electrons. The van der Waals surface area contributed by atoms with Crippen molar-refractivity contribution in [3.8, 4) is 0 Å². The molecule has 0 saturated carbocycles. The van der Waals surface area contributed by atoms with Crippen LogP contribution >= 0.6 is 0 Å². The molecule has 8 heteroatoms. The van der Waals surface area contributed by atoms with Gasteiger partial charge in [0.1, 0.15) is 5.69 Å². The van der Waals surface area contributed by atoms with Crippen LogP contribution in [-0.4, -0.2) is 44.8 Å². The number of alkyl halides is 2. The van der Waals surface area contributed by atoms with Crippen molar-refractivity contribution in [2.45, 2.75) is 33.7 Å². The summed E-state index contributed by atoms with van der Waals surface area (Å²) in [6.07, 6.45) is -1.66. The van der Waals surface area contributed by atoms with Crippen molar-refractivity contribution >= 4 is 11.9 Å². The van der Waals surface area contributed by atoms with Crippen molar-refractivity contribution in [3.63, 3.8) is 0 Å². The number of halogens is 2. The summed E-state index contributed by atoms with van der Waals surface area (Å²) in [6, 6.07) is 0. The molecule has 1 fully saturated rings. The third-order valence-electron chi connectivity index (χ3n) is 4.07. The molecule has 2 rings (SSSR count). The van der Waals surface area contributed by atoms with Gasteiger partial charge in [0.15, 0.2) is 0 Å². The zero-order chi connectivity index (χ0) is 17.3. The number of carboxylic acids is 1. The Kier molecular flexibility index (Phi) is 5.01. The molecular weight excluding hydrogens is 308 g/mol. The summed E-state index contributed by atoms with van der Waals surface area (Å²) < 4.78 is 27.9. The summed E-state index contributed by atoms with van der Waals surface area (Å²) >= 11 is 0. The maximum absolute atomic E-state index is 13.4. The van der Waals surface area contributed by atoms with E-state index in [2.05, 4.69) is 5.10 Å². The molecule has 2 heterocycles. The molecule has 0 aliphatic carbocycles. The molecule has 1 aliphatic heterocycles. The predicted octanol–water partition coefficient (Wildman–Crippen LogP) is 2.27. The maximum Gasteiger partial charge on any atom is 0.308 e. The van der Waals surface area contributed by atoms with Crippen molar-refractivity contribution in [2.75, 3.05) is 13.1 Å². The number of hydrogen-bond donors (Lipinski definition) is 1. The Balaban J connectivity index is 2.26. The van der Waals surface area contributed by atoms with Gasteiger partial charge in [-0.25, -0.2) is 8.78 Å². The normalized spacial score (nSPS) is 21.4. The first-order valence-corrected chi connectivity index (χ1v) is 7.58. The monoisotopic (exact) mass is 329 g/mol. The molecule has 2 atom stereocenters. The van der Waals surface area contributed by atoms with Gasteiger partial charge >= 0.3 is 5.97 Å². The van der Waals surface area contributed by atoms with Gasteiger partial charge in [-0.15, -0.1) is 0 Å². The van der Waals surface area contributed by atoms with E-state index in [-0.39, 0.29) is 30.5 Å². The second-order valence-electron chi connectivity index (χ2n) is 6.45. The van der Waals surface area contributed by atoms with E-state index < -0.39 is 29.9 Å². The van der Waals surface area contributed by atoms with E-state index in [4.69, 9.17) is 5.11 Å². The Bertz CT molecular complexity index is 601. The van der Waals surface area contributed by atoms with Gasteiger partial charge in [-0.3, -0.25) is 14.3 Å². The molecule has 128 valence electrons. The SMILES string of the molecule is CC(C)Cn1ncc(C(=O)N2C[C@@H](C)[C@H](C(=O)O)C2)c1C(F)F. The molecule has 0 spiro atoms. The maximum atomic E-state index is 13.4. The fourth-order valence-corrected chi connectivity index (χ4v) is 2.91. The van der Waals surface area contributed by atoms with Crippen LogP contribution in [0.25, 0.3) is 0 Å². The van der Waals surface area contributed by atoms with Gasteiger partial charge in [-0.1, -0.05) is 20.8 Å². The fourth-order valence-electron chi connectivity index (χ4n) is 2.91. The number of aliphatic carboxylic acids is 1. The Morgan fingerprint density at radius 1 is 1.39 bits per heavy atom. The minimum atomic E-state index is -2.81. The highest BCUT2D eigenvalue weighted by Gasteiger charge is 2.39. The highest BCUT2D eigenvalue weighted by Crippen LogP contribution is 2.29. The van der Waals surface area contributed by atoms with Crippen molar-refractivity contribution in [2.24, 2.45) is 17.8 Å². The van der Waals surface area contributed by atoms with E-state index >= 15 is 0 Å². The highest BCUT2D eigenvalue weighted by molar-refractivity contribution is 5.95. The van der Waals surface area contributed by atoms with E-state index in [0.717, 1.165) is 10.9 Å². The number of nitrogens with zero attached hydrogens (tertiary/aromatic N) is 3. The van der Waals surface area contributed by atoms with Gasteiger partial charge in [0.2, 0.25) is 0 Å². The van der Waals surface area contributed by atoms with Crippen LogP contribution in [0, 0.1) is 17.8 Å². The van der Waals surface area contributed by atoms with E-state index in [9.17, 15) is 18.4 Å². The number of amides is 1.